The summed E-state index contributed by atoms with van der Waals surface area (Å²) in [6, 6.07) is -0.270. The zero-order chi connectivity index (χ0) is 13.1. The third-order valence-electron chi connectivity index (χ3n) is 3.09. The molecule has 2 amide bonds. The molecule has 0 spiro atoms. The van der Waals surface area contributed by atoms with Crippen LogP contribution in [0.1, 0.15) is 20.3 Å². The molecule has 2 rings (SSSR count). The maximum Gasteiger partial charge on any atom is 0.246 e. The third-order valence-corrected chi connectivity index (χ3v) is 3.09. The highest BCUT2D eigenvalue weighted by Crippen LogP contribution is 2.13. The molecule has 1 aromatic heterocycles. The predicted molar refractivity (Wildman–Crippen MR) is 65.6 cm³/mol. The minimum absolute atomic E-state index is 0.0881. The van der Waals surface area contributed by atoms with Gasteiger partial charge in [0.05, 0.1) is 18.8 Å². The molecule has 1 aliphatic rings. The second-order valence-electron chi connectivity index (χ2n) is 4.56. The van der Waals surface area contributed by atoms with Crippen molar-refractivity contribution in [3.05, 3.63) is 18.7 Å². The van der Waals surface area contributed by atoms with E-state index >= 15 is 0 Å². The van der Waals surface area contributed by atoms with E-state index < -0.39 is 0 Å². The molecule has 1 aromatic rings. The number of likely N-dealkylation sites (tertiary alicyclic amines) is 1. The Morgan fingerprint density at radius 3 is 2.89 bits per heavy atom. The molecule has 0 saturated carbocycles. The predicted octanol–water partition coefficient (Wildman–Crippen LogP) is 0.00860. The quantitative estimate of drug-likeness (QED) is 0.747. The lowest BCUT2D eigenvalue weighted by Gasteiger charge is -2.18. The van der Waals surface area contributed by atoms with Crippen molar-refractivity contribution >= 4 is 11.8 Å². The van der Waals surface area contributed by atoms with Crippen LogP contribution in [0, 0.1) is 0 Å². The molecule has 0 aromatic carbocycles. The van der Waals surface area contributed by atoms with Crippen molar-refractivity contribution in [3.8, 4) is 0 Å². The van der Waals surface area contributed by atoms with Gasteiger partial charge in [-0.15, -0.1) is 0 Å². The van der Waals surface area contributed by atoms with E-state index in [0.29, 0.717) is 6.54 Å². The smallest absolute Gasteiger partial charge is 0.246 e. The number of hydrogen-bond acceptors (Lipinski definition) is 4. The van der Waals surface area contributed by atoms with Gasteiger partial charge in [-0.2, -0.15) is 0 Å². The Hall–Kier alpha value is -1.69. The number of imidazole rings is 1. The Labute approximate surface area is 106 Å². The number of imide groups is 1. The summed E-state index contributed by atoms with van der Waals surface area (Å²) in [7, 11) is 0. The lowest BCUT2D eigenvalue weighted by Crippen LogP contribution is -2.44. The number of nitrogens with zero attached hydrogens (tertiary/aromatic N) is 3. The molecule has 2 atom stereocenters. The van der Waals surface area contributed by atoms with Crippen molar-refractivity contribution in [3.63, 3.8) is 0 Å². The van der Waals surface area contributed by atoms with Gasteiger partial charge in [0.2, 0.25) is 11.8 Å². The van der Waals surface area contributed by atoms with Crippen molar-refractivity contribution in [2.24, 2.45) is 0 Å². The second kappa shape index (κ2) is 5.30. The molecule has 0 radical (unpaired) electrons. The number of rotatable bonds is 5. The topological polar surface area (TPSA) is 67.2 Å². The van der Waals surface area contributed by atoms with Crippen molar-refractivity contribution in [1.82, 2.24) is 19.8 Å². The maximum atomic E-state index is 11.9. The van der Waals surface area contributed by atoms with E-state index in [2.05, 4.69) is 10.3 Å². The third kappa shape index (κ3) is 2.59. The molecule has 2 heterocycles. The number of hydrogen-bond donors (Lipinski definition) is 1. The van der Waals surface area contributed by atoms with Crippen molar-refractivity contribution in [2.45, 2.75) is 38.9 Å². The van der Waals surface area contributed by atoms with Crippen LogP contribution in [0.5, 0.6) is 0 Å². The van der Waals surface area contributed by atoms with Crippen molar-refractivity contribution < 1.29 is 9.59 Å². The van der Waals surface area contributed by atoms with E-state index in [4.69, 9.17) is 0 Å². The summed E-state index contributed by atoms with van der Waals surface area (Å²) in [6.07, 6.45) is 5.59. The summed E-state index contributed by atoms with van der Waals surface area (Å²) in [5.41, 5.74) is 0. The molecule has 0 aliphatic carbocycles. The van der Waals surface area contributed by atoms with Crippen LogP contribution in [0.4, 0.5) is 0 Å². The van der Waals surface area contributed by atoms with Crippen LogP contribution in [-0.4, -0.2) is 44.9 Å². The average molecular weight is 250 g/mol. The van der Waals surface area contributed by atoms with Gasteiger partial charge in [0, 0.05) is 31.5 Å². The first kappa shape index (κ1) is 12.8. The van der Waals surface area contributed by atoms with Gasteiger partial charge in [-0.1, -0.05) is 0 Å². The summed E-state index contributed by atoms with van der Waals surface area (Å²) in [4.78, 5) is 28.8. The maximum absolute atomic E-state index is 11.9. The summed E-state index contributed by atoms with van der Waals surface area (Å²) >= 11 is 0. The Kier molecular flexibility index (Phi) is 3.76. The standard InChI is InChI=1S/C12H18N4O2/c1-3-16-11(17)6-10(12(16)18)14-9(2)7-15-5-4-13-8-15/h4-5,8-10,14H,3,6-7H2,1-2H3. The van der Waals surface area contributed by atoms with Gasteiger partial charge in [0.1, 0.15) is 0 Å². The van der Waals surface area contributed by atoms with Crippen LogP contribution in [0.2, 0.25) is 0 Å². The number of likely N-dealkylation sites (N-methyl/N-ethyl adjacent to an activating group) is 1. The number of aromatic nitrogens is 2. The molecule has 2 unspecified atom stereocenters. The van der Waals surface area contributed by atoms with Crippen LogP contribution < -0.4 is 5.32 Å². The van der Waals surface area contributed by atoms with Gasteiger partial charge < -0.3 is 9.88 Å². The second-order valence-corrected chi connectivity index (χ2v) is 4.56. The fourth-order valence-electron chi connectivity index (χ4n) is 2.25. The fourth-order valence-corrected chi connectivity index (χ4v) is 2.25. The summed E-state index contributed by atoms with van der Waals surface area (Å²) in [6.45, 7) is 4.98. The van der Waals surface area contributed by atoms with E-state index in [1.165, 1.54) is 4.90 Å². The van der Waals surface area contributed by atoms with E-state index in [9.17, 15) is 9.59 Å². The Morgan fingerprint density at radius 1 is 1.56 bits per heavy atom. The average Bonchev–Trinajstić information content (AvgIpc) is 2.89. The van der Waals surface area contributed by atoms with E-state index in [0.717, 1.165) is 6.54 Å². The van der Waals surface area contributed by atoms with Gasteiger partial charge in [0.25, 0.3) is 0 Å². The van der Waals surface area contributed by atoms with Crippen LogP contribution in [0.15, 0.2) is 18.7 Å². The van der Waals surface area contributed by atoms with E-state index in [1.54, 1.807) is 12.5 Å². The SMILES string of the molecule is CCN1C(=O)CC(NC(C)Cn2ccnc2)C1=O. The van der Waals surface area contributed by atoms with Crippen molar-refractivity contribution in [1.29, 1.82) is 0 Å². The molecular weight excluding hydrogens is 232 g/mol. The number of carbonyl (C=O) groups is 2. The molecule has 98 valence electrons. The Bertz CT molecular complexity index is 429. The van der Waals surface area contributed by atoms with Crippen LogP contribution >= 0.6 is 0 Å². The van der Waals surface area contributed by atoms with Crippen LogP contribution in [0.3, 0.4) is 0 Å². The first-order chi connectivity index (χ1) is 8.61. The van der Waals surface area contributed by atoms with Gasteiger partial charge in [-0.3, -0.25) is 14.5 Å². The fraction of sp³-hybridized carbons (Fsp3) is 0.583. The highest BCUT2D eigenvalue weighted by atomic mass is 16.2. The molecule has 1 N–H and O–H groups in total. The molecule has 6 heteroatoms. The molecule has 1 fully saturated rings. The molecule has 6 nitrogen and oxygen atoms in total. The molecule has 0 bridgehead atoms. The van der Waals surface area contributed by atoms with Gasteiger partial charge >= 0.3 is 0 Å². The zero-order valence-corrected chi connectivity index (χ0v) is 10.7. The monoisotopic (exact) mass is 250 g/mol. The minimum atomic E-state index is -0.379. The highest BCUT2D eigenvalue weighted by molar-refractivity contribution is 6.05. The first-order valence-corrected chi connectivity index (χ1v) is 6.17. The number of carbonyl (C=O) groups excluding carboxylic acids is 2. The van der Waals surface area contributed by atoms with Gasteiger partial charge in [0.15, 0.2) is 0 Å². The number of nitrogens with one attached hydrogen (secondary N) is 1. The van der Waals surface area contributed by atoms with E-state index in [-0.39, 0.29) is 30.3 Å². The van der Waals surface area contributed by atoms with Gasteiger partial charge in [-0.25, -0.2) is 4.98 Å². The lowest BCUT2D eigenvalue weighted by molar-refractivity contribution is -0.138. The largest absolute Gasteiger partial charge is 0.336 e. The number of amides is 2. The van der Waals surface area contributed by atoms with E-state index in [1.807, 2.05) is 24.6 Å². The first-order valence-electron chi connectivity index (χ1n) is 6.17. The Morgan fingerprint density at radius 2 is 2.33 bits per heavy atom. The van der Waals surface area contributed by atoms with Crippen LogP contribution in [0.25, 0.3) is 0 Å². The molecule has 1 aliphatic heterocycles. The minimum Gasteiger partial charge on any atom is -0.336 e. The molecular formula is C12H18N4O2. The Balaban J connectivity index is 1.90. The zero-order valence-electron chi connectivity index (χ0n) is 10.7. The normalized spacial score (nSPS) is 21.7. The van der Waals surface area contributed by atoms with Gasteiger partial charge in [-0.05, 0) is 13.8 Å². The molecule has 18 heavy (non-hydrogen) atoms. The summed E-state index contributed by atoms with van der Waals surface area (Å²) < 4.78 is 1.94. The summed E-state index contributed by atoms with van der Waals surface area (Å²) in [5, 5.41) is 3.20. The van der Waals surface area contributed by atoms with Crippen LogP contribution in [-0.2, 0) is 16.1 Å². The highest BCUT2D eigenvalue weighted by Gasteiger charge is 2.37. The van der Waals surface area contributed by atoms with Crippen molar-refractivity contribution in [2.75, 3.05) is 6.54 Å². The lowest BCUT2D eigenvalue weighted by atomic mass is 10.2. The molecule has 1 saturated heterocycles. The summed E-state index contributed by atoms with van der Waals surface area (Å²) in [5.74, 6) is -0.199.